The lowest BCUT2D eigenvalue weighted by Crippen LogP contribution is -2.28. The Labute approximate surface area is 182 Å². The minimum atomic E-state index is -0.603. The Balaban J connectivity index is 1.57. The molecule has 2 aromatic rings. The number of hydrogen-bond donors (Lipinski definition) is 3. The van der Waals surface area contributed by atoms with Crippen molar-refractivity contribution in [2.75, 3.05) is 12.4 Å². The molecule has 0 bridgehead atoms. The second-order valence-electron chi connectivity index (χ2n) is 6.39. The molecule has 0 aromatic heterocycles. The van der Waals surface area contributed by atoms with Crippen LogP contribution in [0.1, 0.15) is 17.5 Å². The molecule has 1 saturated heterocycles. The van der Waals surface area contributed by atoms with Crippen LogP contribution in [0.2, 0.25) is 5.02 Å². The number of amidine groups is 1. The maximum absolute atomic E-state index is 12.3. The number of ether oxygens (including phenoxy) is 1. The highest BCUT2D eigenvalue weighted by atomic mass is 35.5. The van der Waals surface area contributed by atoms with E-state index in [-0.39, 0.29) is 24.0 Å². The van der Waals surface area contributed by atoms with E-state index in [4.69, 9.17) is 16.3 Å². The predicted octanol–water partition coefficient (Wildman–Crippen LogP) is 3.31. The van der Waals surface area contributed by atoms with Crippen LogP contribution in [0.4, 0.5) is 5.69 Å². The zero-order valence-corrected chi connectivity index (χ0v) is 17.8. The first-order valence-corrected chi connectivity index (χ1v) is 10.1. The van der Waals surface area contributed by atoms with Crippen LogP contribution < -0.4 is 15.4 Å². The van der Waals surface area contributed by atoms with Crippen LogP contribution in [0, 0.1) is 6.92 Å². The summed E-state index contributed by atoms with van der Waals surface area (Å²) >= 11 is 7.19. The van der Waals surface area contributed by atoms with Gasteiger partial charge in [0.05, 0.1) is 13.3 Å². The second kappa shape index (κ2) is 9.64. The van der Waals surface area contributed by atoms with Crippen molar-refractivity contribution < 1.29 is 19.4 Å². The highest BCUT2D eigenvalue weighted by molar-refractivity contribution is 8.15. The van der Waals surface area contributed by atoms with Crippen molar-refractivity contribution in [1.82, 2.24) is 5.32 Å². The van der Waals surface area contributed by atoms with Crippen molar-refractivity contribution in [1.29, 1.82) is 0 Å². The van der Waals surface area contributed by atoms with Gasteiger partial charge in [0.2, 0.25) is 11.8 Å². The molecule has 10 heteroatoms. The number of anilines is 1. The van der Waals surface area contributed by atoms with Gasteiger partial charge in [-0.15, -0.1) is 5.10 Å². The third-order valence-electron chi connectivity index (χ3n) is 4.16. The topological polar surface area (TPSA) is 112 Å². The highest BCUT2D eigenvalue weighted by Gasteiger charge is 2.32. The largest absolute Gasteiger partial charge is 0.504 e. The van der Waals surface area contributed by atoms with Gasteiger partial charge in [0.25, 0.3) is 0 Å². The van der Waals surface area contributed by atoms with Crippen LogP contribution in [0.3, 0.4) is 0 Å². The van der Waals surface area contributed by atoms with Crippen LogP contribution in [0.15, 0.2) is 46.6 Å². The summed E-state index contributed by atoms with van der Waals surface area (Å²) in [5, 5.41) is 23.1. The first-order chi connectivity index (χ1) is 14.4. The molecule has 156 valence electrons. The van der Waals surface area contributed by atoms with Gasteiger partial charge in [-0.05, 0) is 48.4 Å². The van der Waals surface area contributed by atoms with Crippen LogP contribution in [-0.2, 0) is 9.59 Å². The fourth-order valence-electron chi connectivity index (χ4n) is 2.56. The van der Waals surface area contributed by atoms with Gasteiger partial charge in [0.15, 0.2) is 16.7 Å². The number of rotatable bonds is 6. The number of amides is 2. The Hall–Kier alpha value is -3.04. The van der Waals surface area contributed by atoms with Crippen molar-refractivity contribution in [3.05, 3.63) is 52.5 Å². The number of phenolic OH excluding ortho intramolecular Hbond substituents is 1. The van der Waals surface area contributed by atoms with E-state index in [9.17, 15) is 14.7 Å². The third-order valence-corrected chi connectivity index (χ3v) is 5.64. The van der Waals surface area contributed by atoms with Crippen LogP contribution >= 0.6 is 23.4 Å². The number of benzene rings is 2. The molecule has 8 nitrogen and oxygen atoms in total. The van der Waals surface area contributed by atoms with Crippen LogP contribution in [-0.4, -0.2) is 40.7 Å². The van der Waals surface area contributed by atoms with Gasteiger partial charge in [0, 0.05) is 17.1 Å². The van der Waals surface area contributed by atoms with Gasteiger partial charge in [0.1, 0.15) is 5.25 Å². The summed E-state index contributed by atoms with van der Waals surface area (Å²) in [6.45, 7) is 1.87. The van der Waals surface area contributed by atoms with Gasteiger partial charge in [-0.1, -0.05) is 29.4 Å². The van der Waals surface area contributed by atoms with Gasteiger partial charge >= 0.3 is 0 Å². The molecule has 1 atom stereocenters. The van der Waals surface area contributed by atoms with Crippen molar-refractivity contribution in [2.45, 2.75) is 18.6 Å². The molecule has 1 fully saturated rings. The third kappa shape index (κ3) is 5.52. The fourth-order valence-corrected chi connectivity index (χ4v) is 3.66. The molecule has 30 heavy (non-hydrogen) atoms. The number of phenols is 1. The summed E-state index contributed by atoms with van der Waals surface area (Å²) in [5.41, 5.74) is 2.14. The fraction of sp³-hybridized carbons (Fsp3) is 0.200. The summed E-state index contributed by atoms with van der Waals surface area (Å²) in [5.74, 6) is -0.273. The lowest BCUT2D eigenvalue weighted by Gasteiger charge is -2.08. The van der Waals surface area contributed by atoms with E-state index in [1.54, 1.807) is 30.3 Å². The number of thioether (sulfide) groups is 1. The summed E-state index contributed by atoms with van der Waals surface area (Å²) in [4.78, 5) is 24.4. The molecule has 1 heterocycles. The van der Waals surface area contributed by atoms with E-state index in [0.29, 0.717) is 27.2 Å². The molecule has 2 aromatic carbocycles. The maximum Gasteiger partial charge on any atom is 0.240 e. The van der Waals surface area contributed by atoms with E-state index >= 15 is 0 Å². The Morgan fingerprint density at radius 1 is 1.37 bits per heavy atom. The highest BCUT2D eigenvalue weighted by Crippen LogP contribution is 2.26. The van der Waals surface area contributed by atoms with E-state index in [0.717, 1.165) is 17.3 Å². The minimum Gasteiger partial charge on any atom is -0.504 e. The molecule has 0 radical (unpaired) electrons. The number of aromatic hydroxyl groups is 1. The summed E-state index contributed by atoms with van der Waals surface area (Å²) < 4.78 is 5.03. The van der Waals surface area contributed by atoms with Crippen molar-refractivity contribution in [3.63, 3.8) is 0 Å². The number of methoxy groups -OCH3 is 1. The van der Waals surface area contributed by atoms with E-state index < -0.39 is 5.25 Å². The zero-order chi connectivity index (χ0) is 21.7. The maximum atomic E-state index is 12.3. The Morgan fingerprint density at radius 2 is 2.17 bits per heavy atom. The van der Waals surface area contributed by atoms with Crippen LogP contribution in [0.25, 0.3) is 0 Å². The quantitative estimate of drug-likeness (QED) is 0.465. The lowest BCUT2D eigenvalue weighted by molar-refractivity contribution is -0.122. The molecule has 3 N–H and O–H groups in total. The molecule has 0 aliphatic carbocycles. The first-order valence-electron chi connectivity index (χ1n) is 8.87. The van der Waals surface area contributed by atoms with E-state index in [2.05, 4.69) is 20.8 Å². The number of carbonyl (C=O) groups is 2. The zero-order valence-electron chi connectivity index (χ0n) is 16.2. The minimum absolute atomic E-state index is 0.0140. The number of carbonyl (C=O) groups excluding carboxylic acids is 2. The molecular weight excluding hydrogens is 428 g/mol. The second-order valence-corrected chi connectivity index (χ2v) is 7.99. The average molecular weight is 447 g/mol. The number of aryl methyl sites for hydroxylation is 1. The Kier molecular flexibility index (Phi) is 6.96. The smallest absolute Gasteiger partial charge is 0.240 e. The van der Waals surface area contributed by atoms with Crippen molar-refractivity contribution in [3.8, 4) is 11.5 Å². The monoisotopic (exact) mass is 446 g/mol. The summed E-state index contributed by atoms with van der Waals surface area (Å²) in [6.07, 6.45) is 1.45. The lowest BCUT2D eigenvalue weighted by atomic mass is 10.2. The summed E-state index contributed by atoms with van der Waals surface area (Å²) in [7, 11) is 1.45. The Morgan fingerprint density at radius 3 is 2.90 bits per heavy atom. The number of nitrogens with one attached hydrogen (secondary N) is 2. The van der Waals surface area contributed by atoms with Gasteiger partial charge < -0.3 is 20.5 Å². The van der Waals surface area contributed by atoms with Gasteiger partial charge in [-0.3, -0.25) is 9.59 Å². The van der Waals surface area contributed by atoms with Crippen molar-refractivity contribution in [2.24, 2.45) is 10.2 Å². The van der Waals surface area contributed by atoms with Gasteiger partial charge in [-0.25, -0.2) is 0 Å². The molecule has 2 amide bonds. The molecule has 0 spiro atoms. The normalized spacial score (nSPS) is 17.4. The molecule has 1 aliphatic rings. The standard InChI is InChI=1S/C20H19ClN4O4S/c1-11-3-5-13(8-14(11)21)23-18(27)9-17-19(28)24-20(30-17)25-22-10-12-4-6-15(26)16(7-12)29-2/h3-8,10,17,26H,9H2,1-2H3,(H,23,27)(H,24,25,28). The number of nitrogens with zero attached hydrogens (tertiary/aromatic N) is 2. The molecule has 1 unspecified atom stereocenters. The molecule has 3 rings (SSSR count). The summed E-state index contributed by atoms with van der Waals surface area (Å²) in [6, 6.07) is 9.95. The molecule has 0 saturated carbocycles. The molecule has 1 aliphatic heterocycles. The number of halogens is 1. The first kappa shape index (κ1) is 21.7. The van der Waals surface area contributed by atoms with E-state index in [1.807, 2.05) is 6.92 Å². The van der Waals surface area contributed by atoms with Crippen LogP contribution in [0.5, 0.6) is 11.5 Å². The van der Waals surface area contributed by atoms with E-state index in [1.165, 1.54) is 19.4 Å². The average Bonchev–Trinajstić information content (AvgIpc) is 3.05. The predicted molar refractivity (Wildman–Crippen MR) is 119 cm³/mol. The molecular formula is C20H19ClN4O4S. The number of hydrogen-bond acceptors (Lipinski definition) is 7. The Bertz CT molecular complexity index is 1040. The van der Waals surface area contributed by atoms with Gasteiger partial charge in [-0.2, -0.15) is 5.10 Å². The SMILES string of the molecule is COc1cc(C=N/N=C2/NC(=O)C(CC(=O)Nc3ccc(C)c(Cl)c3)S2)ccc1O. The van der Waals surface area contributed by atoms with Crippen molar-refractivity contribution >= 4 is 52.2 Å².